The van der Waals surface area contributed by atoms with Crippen molar-refractivity contribution < 1.29 is 9.53 Å². The van der Waals surface area contributed by atoms with Gasteiger partial charge in [-0.25, -0.2) is 0 Å². The number of thiophene rings is 1. The number of benzene rings is 1. The van der Waals surface area contributed by atoms with Crippen LogP contribution in [-0.4, -0.2) is 45.5 Å². The first-order valence-corrected chi connectivity index (χ1v) is 9.90. The van der Waals surface area contributed by atoms with Crippen molar-refractivity contribution in [2.24, 2.45) is 0 Å². The molecule has 1 fully saturated rings. The molecular weight excluding hydrogens is 348 g/mol. The molecule has 3 aromatic rings. The summed E-state index contributed by atoms with van der Waals surface area (Å²) in [7, 11) is 0. The third kappa shape index (κ3) is 2.62. The second-order valence-corrected chi connectivity index (χ2v) is 7.95. The number of carbonyl (C=O) groups is 1. The molecule has 0 atom stereocenters. The van der Waals surface area contributed by atoms with Crippen LogP contribution < -0.4 is 0 Å². The van der Waals surface area contributed by atoms with Crippen LogP contribution in [0.4, 0.5) is 0 Å². The number of aromatic nitrogens is 3. The number of ether oxygens (including phenoxy) is 1. The van der Waals surface area contributed by atoms with Crippen molar-refractivity contribution >= 4 is 28.3 Å². The fraction of sp³-hybridized carbons (Fsp3) is 0.421. The Bertz CT molecular complexity index is 922. The summed E-state index contributed by atoms with van der Waals surface area (Å²) in [6.45, 7) is 2.40. The average Bonchev–Trinajstić information content (AvgIpc) is 3.29. The molecule has 5 rings (SSSR count). The molecule has 0 N–H and O–H groups in total. The van der Waals surface area contributed by atoms with Crippen LogP contribution in [-0.2, 0) is 28.1 Å². The molecule has 0 unspecified atom stereocenters. The number of fused-ring (bicyclic) bond motifs is 3. The first-order valence-electron chi connectivity index (χ1n) is 9.02. The van der Waals surface area contributed by atoms with E-state index in [1.807, 2.05) is 40.5 Å². The Balaban J connectivity index is 1.28. The maximum absolute atomic E-state index is 12.7. The van der Waals surface area contributed by atoms with Crippen molar-refractivity contribution in [3.8, 4) is 0 Å². The molecule has 0 radical (unpaired) electrons. The van der Waals surface area contributed by atoms with Gasteiger partial charge >= 0.3 is 0 Å². The van der Waals surface area contributed by atoms with E-state index in [0.29, 0.717) is 0 Å². The minimum absolute atomic E-state index is 0.0708. The van der Waals surface area contributed by atoms with Crippen LogP contribution in [0.5, 0.6) is 0 Å². The summed E-state index contributed by atoms with van der Waals surface area (Å²) < 4.78 is 6.22. The third-order valence-electron chi connectivity index (χ3n) is 5.47. The van der Waals surface area contributed by atoms with E-state index in [1.165, 1.54) is 15.2 Å². The smallest absolute Gasteiger partial charge is 0.246 e. The Labute approximate surface area is 155 Å². The molecule has 4 heterocycles. The molecule has 2 aromatic heterocycles. The van der Waals surface area contributed by atoms with Crippen molar-refractivity contribution in [2.75, 3.05) is 19.7 Å². The van der Waals surface area contributed by atoms with E-state index in [0.717, 1.165) is 50.0 Å². The summed E-state index contributed by atoms with van der Waals surface area (Å²) >= 11 is 1.82. The normalized spacial score (nSPS) is 19.0. The van der Waals surface area contributed by atoms with Gasteiger partial charge in [-0.05, 0) is 42.0 Å². The van der Waals surface area contributed by atoms with E-state index in [2.05, 4.69) is 21.6 Å². The molecule has 1 aromatic carbocycles. The molecule has 7 heteroatoms. The second kappa shape index (κ2) is 6.17. The lowest BCUT2D eigenvalue weighted by Crippen LogP contribution is -2.48. The summed E-state index contributed by atoms with van der Waals surface area (Å²) in [5.74, 6) is 0.0708. The van der Waals surface area contributed by atoms with E-state index in [9.17, 15) is 4.79 Å². The van der Waals surface area contributed by atoms with Gasteiger partial charge in [-0.1, -0.05) is 12.1 Å². The quantitative estimate of drug-likeness (QED) is 0.698. The van der Waals surface area contributed by atoms with Gasteiger partial charge < -0.3 is 9.64 Å². The van der Waals surface area contributed by atoms with E-state index >= 15 is 0 Å². The van der Waals surface area contributed by atoms with Crippen LogP contribution in [0.25, 0.3) is 11.0 Å². The standard InChI is InChI=1S/C19H20N4O2S/c24-18(13-23-20-15-3-1-2-4-16(15)21-23)22-9-7-19(8-10-22)14-6-12-26-17(14)5-11-25-19/h1-4,6,12H,5,7-11,13H2. The average molecular weight is 368 g/mol. The third-order valence-corrected chi connectivity index (χ3v) is 6.45. The molecule has 0 aliphatic carbocycles. The lowest BCUT2D eigenvalue weighted by Gasteiger charge is -2.44. The zero-order valence-electron chi connectivity index (χ0n) is 14.4. The van der Waals surface area contributed by atoms with Crippen LogP contribution in [0.15, 0.2) is 35.7 Å². The minimum Gasteiger partial charge on any atom is -0.370 e. The Kier molecular flexibility index (Phi) is 3.79. The topological polar surface area (TPSA) is 60.2 Å². The number of piperidine rings is 1. The second-order valence-electron chi connectivity index (χ2n) is 6.95. The highest BCUT2D eigenvalue weighted by Crippen LogP contribution is 2.43. The van der Waals surface area contributed by atoms with Crippen LogP contribution in [0.3, 0.4) is 0 Å². The molecule has 0 bridgehead atoms. The summed E-state index contributed by atoms with van der Waals surface area (Å²) in [6, 6.07) is 9.88. The van der Waals surface area contributed by atoms with Gasteiger partial charge in [0, 0.05) is 24.4 Å². The molecule has 2 aliphatic rings. The van der Waals surface area contributed by atoms with Crippen LogP contribution in [0.2, 0.25) is 0 Å². The van der Waals surface area contributed by atoms with E-state index in [1.54, 1.807) is 0 Å². The van der Waals surface area contributed by atoms with E-state index in [4.69, 9.17) is 4.74 Å². The van der Waals surface area contributed by atoms with Crippen LogP contribution in [0.1, 0.15) is 23.3 Å². The molecular formula is C19H20N4O2S. The number of carbonyl (C=O) groups excluding carboxylic acids is 1. The summed E-state index contributed by atoms with van der Waals surface area (Å²) in [5, 5.41) is 10.9. The van der Waals surface area contributed by atoms with Gasteiger partial charge in [0.25, 0.3) is 0 Å². The summed E-state index contributed by atoms with van der Waals surface area (Å²) in [6.07, 6.45) is 2.73. The molecule has 1 spiro atoms. The Morgan fingerprint density at radius 3 is 2.62 bits per heavy atom. The number of rotatable bonds is 2. The summed E-state index contributed by atoms with van der Waals surface area (Å²) in [5.41, 5.74) is 2.79. The van der Waals surface area contributed by atoms with Crippen molar-refractivity contribution in [3.05, 3.63) is 46.2 Å². The van der Waals surface area contributed by atoms with Gasteiger partial charge in [0.15, 0.2) is 0 Å². The molecule has 1 amide bonds. The number of amides is 1. The van der Waals surface area contributed by atoms with Crippen LogP contribution >= 0.6 is 11.3 Å². The summed E-state index contributed by atoms with van der Waals surface area (Å²) in [4.78, 5) is 17.6. The molecule has 0 saturated carbocycles. The lowest BCUT2D eigenvalue weighted by atomic mass is 9.82. The molecule has 134 valence electrons. The monoisotopic (exact) mass is 368 g/mol. The number of hydrogen-bond donors (Lipinski definition) is 0. The maximum Gasteiger partial charge on any atom is 0.246 e. The zero-order chi connectivity index (χ0) is 17.6. The van der Waals surface area contributed by atoms with Gasteiger partial charge in [-0.15, -0.1) is 11.3 Å². The van der Waals surface area contributed by atoms with Crippen molar-refractivity contribution in [3.63, 3.8) is 0 Å². The first kappa shape index (κ1) is 16.0. The van der Waals surface area contributed by atoms with Crippen LogP contribution in [0, 0.1) is 0 Å². The fourth-order valence-electron chi connectivity index (χ4n) is 4.08. The fourth-order valence-corrected chi connectivity index (χ4v) is 5.03. The molecule has 1 saturated heterocycles. The van der Waals surface area contributed by atoms with Crippen molar-refractivity contribution in [2.45, 2.75) is 31.4 Å². The molecule has 26 heavy (non-hydrogen) atoms. The predicted molar refractivity (Wildman–Crippen MR) is 99.0 cm³/mol. The molecule has 2 aliphatic heterocycles. The highest BCUT2D eigenvalue weighted by atomic mass is 32.1. The van der Waals surface area contributed by atoms with Gasteiger partial charge in [0.2, 0.25) is 5.91 Å². The first-order chi connectivity index (χ1) is 12.7. The number of nitrogens with zero attached hydrogens (tertiary/aromatic N) is 4. The zero-order valence-corrected chi connectivity index (χ0v) is 15.2. The lowest BCUT2D eigenvalue weighted by molar-refractivity contribution is -0.141. The highest BCUT2D eigenvalue weighted by molar-refractivity contribution is 7.10. The SMILES string of the molecule is O=C(Cn1nc2ccccc2n1)N1CCC2(CC1)OCCc1sccc12. The Morgan fingerprint density at radius 1 is 1.15 bits per heavy atom. The Hall–Kier alpha value is -2.25. The van der Waals surface area contributed by atoms with E-state index < -0.39 is 0 Å². The van der Waals surface area contributed by atoms with Crippen molar-refractivity contribution in [1.82, 2.24) is 19.9 Å². The van der Waals surface area contributed by atoms with Gasteiger partial charge in [0.1, 0.15) is 17.6 Å². The highest BCUT2D eigenvalue weighted by Gasteiger charge is 2.42. The van der Waals surface area contributed by atoms with E-state index in [-0.39, 0.29) is 18.1 Å². The number of hydrogen-bond acceptors (Lipinski definition) is 5. The largest absolute Gasteiger partial charge is 0.370 e. The Morgan fingerprint density at radius 2 is 1.88 bits per heavy atom. The van der Waals surface area contributed by atoms with Gasteiger partial charge in [0.05, 0.1) is 12.2 Å². The van der Waals surface area contributed by atoms with Crippen molar-refractivity contribution in [1.29, 1.82) is 0 Å². The van der Waals surface area contributed by atoms with Gasteiger partial charge in [-0.3, -0.25) is 4.79 Å². The molecule has 6 nitrogen and oxygen atoms in total. The predicted octanol–water partition coefficient (Wildman–Crippen LogP) is 2.58. The minimum atomic E-state index is -0.191. The maximum atomic E-state index is 12.7. The number of likely N-dealkylation sites (tertiary alicyclic amines) is 1. The van der Waals surface area contributed by atoms with Gasteiger partial charge in [-0.2, -0.15) is 15.0 Å².